The summed E-state index contributed by atoms with van der Waals surface area (Å²) < 4.78 is 50.8. The van der Waals surface area contributed by atoms with Crippen molar-refractivity contribution in [1.29, 1.82) is 0 Å². The molecule has 1 aromatic carbocycles. The lowest BCUT2D eigenvalue weighted by Gasteiger charge is -2.36. The van der Waals surface area contributed by atoms with Gasteiger partial charge in [0.1, 0.15) is 0 Å². The van der Waals surface area contributed by atoms with Crippen molar-refractivity contribution in [3.63, 3.8) is 0 Å². The highest BCUT2D eigenvalue weighted by Gasteiger charge is 2.42. The number of carbonyl (C=O) groups excluding carboxylic acids is 2. The number of alkyl halides is 3. The molecule has 6 nitrogen and oxygen atoms in total. The Morgan fingerprint density at radius 2 is 2.07 bits per heavy atom. The molecule has 2 amide bonds. The van der Waals surface area contributed by atoms with Crippen molar-refractivity contribution >= 4 is 12.0 Å². The molecule has 0 unspecified atom stereocenters. The van der Waals surface area contributed by atoms with Gasteiger partial charge in [0.2, 0.25) is 0 Å². The van der Waals surface area contributed by atoms with Gasteiger partial charge in [0.25, 0.3) is 0 Å². The van der Waals surface area contributed by atoms with Crippen LogP contribution >= 0.6 is 0 Å². The number of nitrogens with one attached hydrogen (secondary N) is 1. The summed E-state index contributed by atoms with van der Waals surface area (Å²) in [6.07, 6.45) is -3.18. The fourth-order valence-electron chi connectivity index (χ4n) is 3.61. The monoisotopic (exact) mass is 398 g/mol. The third-order valence-corrected chi connectivity index (χ3v) is 4.99. The van der Waals surface area contributed by atoms with Crippen LogP contribution < -0.4 is 5.32 Å². The molecule has 0 aliphatic carbocycles. The molecule has 9 heteroatoms. The summed E-state index contributed by atoms with van der Waals surface area (Å²) >= 11 is 0. The summed E-state index contributed by atoms with van der Waals surface area (Å²) in [6.45, 7) is 2.34. The van der Waals surface area contributed by atoms with E-state index in [4.69, 9.17) is 9.47 Å². The number of ether oxygens (including phenoxy) is 2. The predicted octanol–water partition coefficient (Wildman–Crippen LogP) is 3.40. The second kappa shape index (κ2) is 7.83. The van der Waals surface area contributed by atoms with E-state index in [0.29, 0.717) is 6.61 Å². The first-order valence-electron chi connectivity index (χ1n) is 8.89. The minimum atomic E-state index is -4.63. The third-order valence-electron chi connectivity index (χ3n) is 4.99. The number of urea groups is 1. The van der Waals surface area contributed by atoms with Crippen LogP contribution in [0.2, 0.25) is 0 Å². The van der Waals surface area contributed by atoms with Gasteiger partial charge >= 0.3 is 18.2 Å². The van der Waals surface area contributed by atoms with Crippen LogP contribution in [-0.4, -0.2) is 43.3 Å². The maximum absolute atomic E-state index is 13.5. The Morgan fingerprint density at radius 1 is 1.36 bits per heavy atom. The summed E-state index contributed by atoms with van der Waals surface area (Å²) in [5, 5.41) is 2.54. The maximum atomic E-state index is 13.5. The first-order chi connectivity index (χ1) is 13.2. The lowest BCUT2D eigenvalue weighted by Crippen LogP contribution is -2.50. The van der Waals surface area contributed by atoms with Crippen LogP contribution in [0.25, 0.3) is 0 Å². The molecule has 28 heavy (non-hydrogen) atoms. The van der Waals surface area contributed by atoms with Crippen LogP contribution in [0.1, 0.15) is 36.9 Å². The number of hydrogen-bond donors (Lipinski definition) is 1. The second-order valence-corrected chi connectivity index (χ2v) is 6.70. The van der Waals surface area contributed by atoms with Gasteiger partial charge in [0.05, 0.1) is 36.9 Å². The molecule has 0 saturated carbocycles. The number of amides is 2. The van der Waals surface area contributed by atoms with Crippen LogP contribution in [0.15, 0.2) is 35.5 Å². The normalized spacial score (nSPS) is 23.0. The molecule has 0 spiro atoms. The third kappa shape index (κ3) is 3.84. The molecular formula is C19H21F3N2O4. The topological polar surface area (TPSA) is 67.9 Å². The number of methoxy groups -OCH3 is 1. The van der Waals surface area contributed by atoms with Crippen LogP contribution in [-0.2, 0) is 20.4 Å². The Bertz CT molecular complexity index is 801. The molecule has 1 aromatic rings. The highest BCUT2D eigenvalue weighted by atomic mass is 19.4. The molecule has 1 saturated heterocycles. The Balaban J connectivity index is 2.06. The Labute approximate surface area is 160 Å². The van der Waals surface area contributed by atoms with Gasteiger partial charge in [-0.15, -0.1) is 0 Å². The van der Waals surface area contributed by atoms with E-state index < -0.39 is 29.8 Å². The quantitative estimate of drug-likeness (QED) is 0.790. The van der Waals surface area contributed by atoms with Crippen molar-refractivity contribution in [3.05, 3.63) is 46.7 Å². The van der Waals surface area contributed by atoms with Gasteiger partial charge < -0.3 is 14.8 Å². The van der Waals surface area contributed by atoms with Crippen LogP contribution in [0.5, 0.6) is 0 Å². The molecule has 2 heterocycles. The van der Waals surface area contributed by atoms with E-state index in [1.165, 1.54) is 30.0 Å². The smallest absolute Gasteiger partial charge is 0.416 e. The van der Waals surface area contributed by atoms with E-state index in [9.17, 15) is 22.8 Å². The standard InChI is InChI=1S/C19H21F3N2O4/c1-11-15(17(25)27-2)16(13-7-3-4-8-14(13)19(20,21)22)23-18(26)24(11)10-12-6-5-9-28-12/h3-4,7-8,12,16H,5-6,9-10H2,1-2H3,(H,23,26)/t12-,16+/m0/s1. The van der Waals surface area contributed by atoms with Crippen molar-refractivity contribution in [2.75, 3.05) is 20.3 Å². The van der Waals surface area contributed by atoms with Crippen LogP contribution in [0, 0.1) is 0 Å². The molecule has 2 aliphatic rings. The number of hydrogen-bond acceptors (Lipinski definition) is 4. The number of nitrogens with zero attached hydrogens (tertiary/aromatic N) is 1. The van der Waals surface area contributed by atoms with E-state index in [1.807, 2.05) is 0 Å². The Hall–Kier alpha value is -2.55. The molecule has 152 valence electrons. The van der Waals surface area contributed by atoms with Gasteiger partial charge in [0, 0.05) is 12.3 Å². The van der Waals surface area contributed by atoms with E-state index in [0.717, 1.165) is 26.0 Å². The lowest BCUT2D eigenvalue weighted by atomic mass is 9.91. The van der Waals surface area contributed by atoms with Crippen LogP contribution in [0.3, 0.4) is 0 Å². The van der Waals surface area contributed by atoms with Crippen molar-refractivity contribution in [1.82, 2.24) is 10.2 Å². The predicted molar refractivity (Wildman–Crippen MR) is 93.1 cm³/mol. The number of carbonyl (C=O) groups is 2. The zero-order valence-electron chi connectivity index (χ0n) is 15.5. The van der Waals surface area contributed by atoms with Crippen molar-refractivity contribution in [3.8, 4) is 0 Å². The van der Waals surface area contributed by atoms with Crippen molar-refractivity contribution in [2.24, 2.45) is 0 Å². The molecule has 1 N–H and O–H groups in total. The first kappa shape index (κ1) is 20.2. The van der Waals surface area contributed by atoms with Gasteiger partial charge in [-0.1, -0.05) is 18.2 Å². The molecule has 1 fully saturated rings. The molecular weight excluding hydrogens is 377 g/mol. The summed E-state index contributed by atoms with van der Waals surface area (Å²) in [5.41, 5.74) is -0.896. The van der Waals surface area contributed by atoms with E-state index in [2.05, 4.69) is 5.32 Å². The van der Waals surface area contributed by atoms with E-state index in [1.54, 1.807) is 0 Å². The fourth-order valence-corrected chi connectivity index (χ4v) is 3.61. The summed E-state index contributed by atoms with van der Waals surface area (Å²) in [7, 11) is 1.15. The van der Waals surface area contributed by atoms with Gasteiger partial charge in [-0.05, 0) is 31.4 Å². The van der Waals surface area contributed by atoms with Gasteiger partial charge in [0.15, 0.2) is 0 Å². The first-order valence-corrected chi connectivity index (χ1v) is 8.89. The van der Waals surface area contributed by atoms with Crippen molar-refractivity contribution < 1.29 is 32.2 Å². The summed E-state index contributed by atoms with van der Waals surface area (Å²) in [6, 6.07) is 3.01. The summed E-state index contributed by atoms with van der Waals surface area (Å²) in [5.74, 6) is -0.795. The number of esters is 1. The minimum absolute atomic E-state index is 0.0307. The summed E-state index contributed by atoms with van der Waals surface area (Å²) in [4.78, 5) is 26.5. The van der Waals surface area contributed by atoms with Gasteiger partial charge in [-0.3, -0.25) is 4.90 Å². The Morgan fingerprint density at radius 3 is 2.68 bits per heavy atom. The molecule has 0 aromatic heterocycles. The molecule has 2 aliphatic heterocycles. The number of rotatable bonds is 4. The second-order valence-electron chi connectivity index (χ2n) is 6.70. The van der Waals surface area contributed by atoms with E-state index >= 15 is 0 Å². The molecule has 0 bridgehead atoms. The largest absolute Gasteiger partial charge is 0.466 e. The van der Waals surface area contributed by atoms with Gasteiger partial charge in [-0.2, -0.15) is 13.2 Å². The SMILES string of the molecule is COC(=O)C1=C(C)N(C[C@@H]2CCCO2)C(=O)N[C@@H]1c1ccccc1C(F)(F)F. The fraction of sp³-hybridized carbons (Fsp3) is 0.474. The van der Waals surface area contributed by atoms with Crippen LogP contribution in [0.4, 0.5) is 18.0 Å². The number of halogens is 3. The maximum Gasteiger partial charge on any atom is 0.416 e. The highest BCUT2D eigenvalue weighted by molar-refractivity contribution is 5.95. The average molecular weight is 398 g/mol. The molecule has 2 atom stereocenters. The Kier molecular flexibility index (Phi) is 5.64. The lowest BCUT2D eigenvalue weighted by molar-refractivity contribution is -0.140. The number of benzene rings is 1. The van der Waals surface area contributed by atoms with Crippen molar-refractivity contribution in [2.45, 2.75) is 38.1 Å². The van der Waals surface area contributed by atoms with Gasteiger partial charge in [-0.25, -0.2) is 9.59 Å². The minimum Gasteiger partial charge on any atom is -0.466 e. The zero-order valence-corrected chi connectivity index (χ0v) is 15.5. The van der Waals surface area contributed by atoms with E-state index in [-0.39, 0.29) is 29.5 Å². The number of allylic oxidation sites excluding steroid dienone is 1. The average Bonchev–Trinajstić information content (AvgIpc) is 3.16. The molecule has 0 radical (unpaired) electrons. The zero-order chi connectivity index (χ0) is 20.5. The highest BCUT2D eigenvalue weighted by Crippen LogP contribution is 2.39. The molecule has 3 rings (SSSR count).